The Labute approximate surface area is 219 Å². The highest BCUT2D eigenvalue weighted by molar-refractivity contribution is 7.90. The highest BCUT2D eigenvalue weighted by Gasteiger charge is 2.34. The number of rotatable bonds is 11. The van der Waals surface area contributed by atoms with E-state index in [9.17, 15) is 18.0 Å². The summed E-state index contributed by atoms with van der Waals surface area (Å²) in [6, 6.07) is 14.9. The molecule has 1 fully saturated rings. The van der Waals surface area contributed by atoms with E-state index in [0.29, 0.717) is 17.1 Å². The first-order valence-electron chi connectivity index (χ1n) is 12.2. The van der Waals surface area contributed by atoms with Gasteiger partial charge in [-0.2, -0.15) is 12.7 Å². The molecule has 0 bridgehead atoms. The molecule has 196 valence electrons. The van der Waals surface area contributed by atoms with Gasteiger partial charge in [-0.05, 0) is 49.1 Å². The van der Waals surface area contributed by atoms with Crippen molar-refractivity contribution in [2.75, 3.05) is 24.9 Å². The first-order valence-corrected chi connectivity index (χ1v) is 14.0. The zero-order chi connectivity index (χ0) is 26.3. The minimum atomic E-state index is -3.97. The fourth-order valence-corrected chi connectivity index (χ4v) is 5.57. The summed E-state index contributed by atoms with van der Waals surface area (Å²) in [6.45, 7) is 1.56. The monoisotopic (exact) mass is 534 g/mol. The molecular weight excluding hydrogens is 500 g/mol. The maximum absolute atomic E-state index is 13.8. The fourth-order valence-electron chi connectivity index (χ4n) is 4.38. The first-order chi connectivity index (χ1) is 17.1. The Morgan fingerprint density at radius 2 is 1.64 bits per heavy atom. The van der Waals surface area contributed by atoms with Gasteiger partial charge in [-0.3, -0.25) is 9.59 Å². The van der Waals surface area contributed by atoms with Crippen molar-refractivity contribution in [3.8, 4) is 0 Å². The molecule has 0 heterocycles. The molecule has 1 atom stereocenters. The molecule has 3 rings (SSSR count). The predicted molar refractivity (Wildman–Crippen MR) is 143 cm³/mol. The molecule has 1 aliphatic rings. The molecule has 2 amide bonds. The van der Waals surface area contributed by atoms with Crippen LogP contribution in [-0.4, -0.2) is 62.2 Å². The Balaban J connectivity index is 1.94. The summed E-state index contributed by atoms with van der Waals surface area (Å²) in [5.74, 6) is -0.680. The van der Waals surface area contributed by atoms with E-state index in [4.69, 9.17) is 11.6 Å². The predicted octanol–water partition coefficient (Wildman–Crippen LogP) is 3.82. The van der Waals surface area contributed by atoms with E-state index in [0.717, 1.165) is 39.9 Å². The van der Waals surface area contributed by atoms with Gasteiger partial charge in [0.2, 0.25) is 11.8 Å². The Hall–Kier alpha value is -2.62. The highest BCUT2D eigenvalue weighted by Crippen LogP contribution is 2.22. The number of nitrogens with one attached hydrogen (secondary N) is 1. The highest BCUT2D eigenvalue weighted by atomic mass is 35.5. The van der Waals surface area contributed by atoms with Gasteiger partial charge in [-0.15, -0.1) is 0 Å². The van der Waals surface area contributed by atoms with Gasteiger partial charge in [-0.1, -0.05) is 61.7 Å². The SMILES string of the molecule is CCC(C(=O)NC1CCCC1)N(Cc1ccc(Cl)cc1)C(=O)CN(c1ccccc1)S(=O)(=O)N(C)C. The molecule has 1 aliphatic carbocycles. The van der Waals surface area contributed by atoms with Crippen LogP contribution in [0.2, 0.25) is 5.02 Å². The standard InChI is InChI=1S/C26H35ClN4O4S/c1-4-24(26(33)28-22-10-8-9-11-22)30(18-20-14-16-21(27)17-15-20)25(32)19-31(36(34,35)29(2)3)23-12-6-5-7-13-23/h5-7,12-17,22,24H,4,8-11,18-19H2,1-3H3,(H,28,33). The summed E-state index contributed by atoms with van der Waals surface area (Å²) in [4.78, 5) is 28.6. The van der Waals surface area contributed by atoms with Crippen LogP contribution in [0.5, 0.6) is 0 Å². The van der Waals surface area contributed by atoms with E-state index in [1.165, 1.54) is 19.0 Å². The van der Waals surface area contributed by atoms with Crippen molar-refractivity contribution in [1.82, 2.24) is 14.5 Å². The molecule has 0 aliphatic heterocycles. The summed E-state index contributed by atoms with van der Waals surface area (Å²) in [5.41, 5.74) is 1.16. The van der Waals surface area contributed by atoms with Gasteiger partial charge in [0.25, 0.3) is 0 Å². The number of carbonyl (C=O) groups is 2. The van der Waals surface area contributed by atoms with Crippen LogP contribution in [0.15, 0.2) is 54.6 Å². The number of carbonyl (C=O) groups excluding carboxylic acids is 2. The van der Waals surface area contributed by atoms with E-state index in [2.05, 4.69) is 5.32 Å². The first kappa shape index (κ1) is 28.0. The number of anilines is 1. The molecular formula is C26H35ClN4O4S. The summed E-state index contributed by atoms with van der Waals surface area (Å²) in [7, 11) is -1.13. The van der Waals surface area contributed by atoms with Crippen molar-refractivity contribution in [2.45, 2.75) is 57.7 Å². The average molecular weight is 535 g/mol. The Kier molecular flexibility index (Phi) is 9.76. The molecule has 2 aromatic rings. The molecule has 8 nitrogen and oxygen atoms in total. The number of nitrogens with zero attached hydrogens (tertiary/aromatic N) is 3. The van der Waals surface area contributed by atoms with Gasteiger partial charge in [0.05, 0.1) is 5.69 Å². The van der Waals surface area contributed by atoms with Crippen molar-refractivity contribution >= 4 is 39.3 Å². The molecule has 10 heteroatoms. The number of amides is 2. The van der Waals surface area contributed by atoms with E-state index in [1.807, 2.05) is 6.92 Å². The molecule has 1 N–H and O–H groups in total. The number of hydrogen-bond acceptors (Lipinski definition) is 4. The third-order valence-corrected chi connectivity index (χ3v) is 8.49. The van der Waals surface area contributed by atoms with Crippen molar-refractivity contribution in [3.63, 3.8) is 0 Å². The van der Waals surface area contributed by atoms with E-state index >= 15 is 0 Å². The quantitative estimate of drug-likeness (QED) is 0.474. The van der Waals surface area contributed by atoms with Crippen molar-refractivity contribution in [1.29, 1.82) is 0 Å². The fraction of sp³-hybridized carbons (Fsp3) is 0.462. The van der Waals surface area contributed by atoms with Gasteiger partial charge in [0.15, 0.2) is 0 Å². The van der Waals surface area contributed by atoms with Crippen LogP contribution in [0.1, 0.15) is 44.6 Å². The van der Waals surface area contributed by atoms with Crippen LogP contribution in [0, 0.1) is 0 Å². The third kappa shape index (κ3) is 6.99. The second-order valence-electron chi connectivity index (χ2n) is 9.19. The van der Waals surface area contributed by atoms with E-state index < -0.39 is 28.7 Å². The summed E-state index contributed by atoms with van der Waals surface area (Å²) in [6.07, 6.45) is 4.39. The van der Waals surface area contributed by atoms with Gasteiger partial charge in [0, 0.05) is 31.7 Å². The Morgan fingerprint density at radius 1 is 1.03 bits per heavy atom. The molecule has 0 spiro atoms. The van der Waals surface area contributed by atoms with Crippen LogP contribution in [0.25, 0.3) is 0 Å². The third-order valence-electron chi connectivity index (χ3n) is 6.42. The lowest BCUT2D eigenvalue weighted by Crippen LogP contribution is -2.54. The minimum Gasteiger partial charge on any atom is -0.352 e. The second kappa shape index (κ2) is 12.6. The van der Waals surface area contributed by atoms with Gasteiger partial charge in [0.1, 0.15) is 12.6 Å². The molecule has 1 unspecified atom stereocenters. The number of halogens is 1. The average Bonchev–Trinajstić information content (AvgIpc) is 3.36. The van der Waals surface area contributed by atoms with Crippen molar-refractivity contribution in [2.24, 2.45) is 0 Å². The molecule has 1 saturated carbocycles. The lowest BCUT2D eigenvalue weighted by Gasteiger charge is -2.34. The maximum Gasteiger partial charge on any atom is 0.304 e. The van der Waals surface area contributed by atoms with Gasteiger partial charge in [-0.25, -0.2) is 4.31 Å². The largest absolute Gasteiger partial charge is 0.352 e. The van der Waals surface area contributed by atoms with Crippen LogP contribution in [0.4, 0.5) is 5.69 Å². The molecule has 2 aromatic carbocycles. The molecule has 0 aromatic heterocycles. The lowest BCUT2D eigenvalue weighted by atomic mass is 10.1. The van der Waals surface area contributed by atoms with Gasteiger partial charge >= 0.3 is 10.2 Å². The number of hydrogen-bond donors (Lipinski definition) is 1. The Bertz CT molecular complexity index is 1120. The summed E-state index contributed by atoms with van der Waals surface area (Å²) >= 11 is 6.04. The normalized spacial score (nSPS) is 15.0. The second-order valence-corrected chi connectivity index (χ2v) is 11.7. The van der Waals surface area contributed by atoms with Crippen LogP contribution in [-0.2, 0) is 26.3 Å². The molecule has 0 radical (unpaired) electrons. The smallest absolute Gasteiger partial charge is 0.304 e. The zero-order valence-electron chi connectivity index (χ0n) is 21.1. The summed E-state index contributed by atoms with van der Waals surface area (Å²) in [5, 5.41) is 3.66. The number of para-hydroxylation sites is 1. The van der Waals surface area contributed by atoms with Gasteiger partial charge < -0.3 is 10.2 Å². The summed E-state index contributed by atoms with van der Waals surface area (Å²) < 4.78 is 28.5. The van der Waals surface area contributed by atoms with E-state index in [-0.39, 0.29) is 18.5 Å². The maximum atomic E-state index is 13.8. The van der Waals surface area contributed by atoms with Crippen molar-refractivity contribution < 1.29 is 18.0 Å². The number of benzene rings is 2. The van der Waals surface area contributed by atoms with Crippen LogP contribution < -0.4 is 9.62 Å². The van der Waals surface area contributed by atoms with Crippen LogP contribution in [0.3, 0.4) is 0 Å². The van der Waals surface area contributed by atoms with Crippen LogP contribution >= 0.6 is 11.6 Å². The topological polar surface area (TPSA) is 90.0 Å². The minimum absolute atomic E-state index is 0.106. The lowest BCUT2D eigenvalue weighted by molar-refractivity contribution is -0.140. The molecule has 36 heavy (non-hydrogen) atoms. The van der Waals surface area contributed by atoms with E-state index in [1.54, 1.807) is 54.6 Å². The molecule has 0 saturated heterocycles. The zero-order valence-corrected chi connectivity index (χ0v) is 22.6. The van der Waals surface area contributed by atoms with Crippen molar-refractivity contribution in [3.05, 3.63) is 65.2 Å². The Morgan fingerprint density at radius 3 is 2.19 bits per heavy atom.